The van der Waals surface area contributed by atoms with Gasteiger partial charge in [-0.1, -0.05) is 37.1 Å². The number of unbranched alkanes of at least 4 members (excludes halogenated alkanes) is 1. The molecule has 2 amide bonds. The van der Waals surface area contributed by atoms with Gasteiger partial charge < -0.3 is 10.2 Å². The van der Waals surface area contributed by atoms with Crippen molar-refractivity contribution < 1.29 is 4.79 Å². The maximum Gasteiger partial charge on any atom is 0.317 e. The number of urea groups is 1. The number of hydrogen-bond donors (Lipinski definition) is 1. The summed E-state index contributed by atoms with van der Waals surface area (Å²) in [7, 11) is 0. The maximum atomic E-state index is 12.1. The molecule has 5 heteroatoms. The molecule has 0 spiro atoms. The summed E-state index contributed by atoms with van der Waals surface area (Å²) in [4.78, 5) is 16.5. The van der Waals surface area contributed by atoms with Gasteiger partial charge in [0.1, 0.15) is 0 Å². The lowest BCUT2D eigenvalue weighted by Gasteiger charge is -2.34. The lowest BCUT2D eigenvalue weighted by atomic mass is 10.1. The van der Waals surface area contributed by atoms with Gasteiger partial charge in [0.05, 0.1) is 0 Å². The summed E-state index contributed by atoms with van der Waals surface area (Å²) in [6.45, 7) is 7.64. The van der Waals surface area contributed by atoms with Crippen LogP contribution in [-0.2, 0) is 6.42 Å². The van der Waals surface area contributed by atoms with E-state index in [-0.39, 0.29) is 6.03 Å². The molecular weight excluding hydrogens is 298 g/mol. The summed E-state index contributed by atoms with van der Waals surface area (Å²) in [6, 6.07) is 7.83. The fourth-order valence-corrected chi connectivity index (χ4v) is 2.89. The molecule has 1 aromatic carbocycles. The minimum atomic E-state index is 0.0529. The molecule has 1 aromatic rings. The number of hydrogen-bond acceptors (Lipinski definition) is 2. The normalized spacial score (nSPS) is 15.8. The van der Waals surface area contributed by atoms with E-state index in [0.717, 1.165) is 49.7 Å². The summed E-state index contributed by atoms with van der Waals surface area (Å²) in [5, 5.41) is 3.75. The van der Waals surface area contributed by atoms with Gasteiger partial charge in [0.2, 0.25) is 0 Å². The molecule has 1 N–H and O–H groups in total. The molecule has 0 aromatic heterocycles. The van der Waals surface area contributed by atoms with Crippen LogP contribution in [0.5, 0.6) is 0 Å². The fourth-order valence-electron chi connectivity index (χ4n) is 2.67. The Labute approximate surface area is 138 Å². The highest BCUT2D eigenvalue weighted by atomic mass is 35.5. The van der Waals surface area contributed by atoms with E-state index >= 15 is 0 Å². The summed E-state index contributed by atoms with van der Waals surface area (Å²) in [5.74, 6) is 0. The van der Waals surface area contributed by atoms with Crippen molar-refractivity contribution in [1.82, 2.24) is 15.1 Å². The number of nitrogens with zero attached hydrogens (tertiary/aromatic N) is 2. The largest absolute Gasteiger partial charge is 0.338 e. The van der Waals surface area contributed by atoms with Gasteiger partial charge in [-0.25, -0.2) is 4.79 Å². The van der Waals surface area contributed by atoms with Gasteiger partial charge in [0, 0.05) is 37.7 Å². The van der Waals surface area contributed by atoms with Crippen molar-refractivity contribution in [2.45, 2.75) is 26.2 Å². The van der Waals surface area contributed by atoms with Crippen LogP contribution in [0, 0.1) is 0 Å². The van der Waals surface area contributed by atoms with Crippen LogP contribution in [0.15, 0.2) is 24.3 Å². The first kappa shape index (κ1) is 17.1. The molecule has 0 saturated carbocycles. The highest BCUT2D eigenvalue weighted by molar-refractivity contribution is 6.30. The van der Waals surface area contributed by atoms with Crippen LogP contribution in [0.4, 0.5) is 4.79 Å². The third-order valence-electron chi connectivity index (χ3n) is 4.07. The Hall–Kier alpha value is -1.26. The van der Waals surface area contributed by atoms with Crippen LogP contribution < -0.4 is 5.32 Å². The van der Waals surface area contributed by atoms with Crippen LogP contribution in [0.3, 0.4) is 0 Å². The average molecular weight is 324 g/mol. The van der Waals surface area contributed by atoms with Gasteiger partial charge in [-0.2, -0.15) is 0 Å². The van der Waals surface area contributed by atoms with Crippen LogP contribution in [0.25, 0.3) is 0 Å². The molecule has 1 fully saturated rings. The van der Waals surface area contributed by atoms with E-state index in [2.05, 4.69) is 17.1 Å². The number of piperazine rings is 1. The Morgan fingerprint density at radius 1 is 1.27 bits per heavy atom. The summed E-state index contributed by atoms with van der Waals surface area (Å²) in [6.07, 6.45) is 3.28. The first-order chi connectivity index (χ1) is 10.7. The Bertz CT molecular complexity index is 473. The summed E-state index contributed by atoms with van der Waals surface area (Å²) in [5.41, 5.74) is 1.15. The molecule has 122 valence electrons. The zero-order valence-electron chi connectivity index (χ0n) is 13.4. The zero-order valence-corrected chi connectivity index (χ0v) is 14.1. The number of benzene rings is 1. The number of halogens is 1. The zero-order chi connectivity index (χ0) is 15.8. The third kappa shape index (κ3) is 5.50. The quantitative estimate of drug-likeness (QED) is 0.873. The van der Waals surface area contributed by atoms with E-state index in [1.54, 1.807) is 0 Å². The number of rotatable bonds is 6. The second kappa shape index (κ2) is 9.01. The van der Waals surface area contributed by atoms with Crippen LogP contribution >= 0.6 is 11.6 Å². The van der Waals surface area contributed by atoms with E-state index in [4.69, 9.17) is 11.6 Å². The van der Waals surface area contributed by atoms with Crippen molar-refractivity contribution in [3.8, 4) is 0 Å². The highest BCUT2D eigenvalue weighted by Gasteiger charge is 2.20. The topological polar surface area (TPSA) is 35.6 Å². The molecule has 2 rings (SSSR count). The molecule has 1 heterocycles. The predicted octanol–water partition coefficient (Wildman–Crippen LogP) is 3.01. The highest BCUT2D eigenvalue weighted by Crippen LogP contribution is 2.10. The maximum absolute atomic E-state index is 12.1. The number of nitrogens with one attached hydrogen (secondary N) is 1. The van der Waals surface area contributed by atoms with E-state index in [0.29, 0.717) is 6.54 Å². The van der Waals surface area contributed by atoms with Gasteiger partial charge in [0.25, 0.3) is 0 Å². The van der Waals surface area contributed by atoms with Gasteiger partial charge in [-0.3, -0.25) is 4.90 Å². The molecule has 1 aliphatic rings. The monoisotopic (exact) mass is 323 g/mol. The molecule has 0 unspecified atom stereocenters. The second-order valence-electron chi connectivity index (χ2n) is 5.79. The van der Waals surface area contributed by atoms with Crippen LogP contribution in [0.2, 0.25) is 5.02 Å². The minimum absolute atomic E-state index is 0.0529. The van der Waals surface area contributed by atoms with E-state index < -0.39 is 0 Å². The van der Waals surface area contributed by atoms with E-state index in [1.165, 1.54) is 12.8 Å². The molecule has 22 heavy (non-hydrogen) atoms. The molecule has 1 saturated heterocycles. The Morgan fingerprint density at radius 2 is 2.05 bits per heavy atom. The van der Waals surface area contributed by atoms with Gasteiger partial charge in [0.15, 0.2) is 0 Å². The molecule has 0 atom stereocenters. The van der Waals surface area contributed by atoms with Crippen molar-refractivity contribution >= 4 is 17.6 Å². The van der Waals surface area contributed by atoms with E-state index in [1.807, 2.05) is 29.2 Å². The third-order valence-corrected chi connectivity index (χ3v) is 4.30. The minimum Gasteiger partial charge on any atom is -0.338 e. The summed E-state index contributed by atoms with van der Waals surface area (Å²) >= 11 is 5.96. The Kier molecular flexibility index (Phi) is 7.00. The predicted molar refractivity (Wildman–Crippen MR) is 91.5 cm³/mol. The molecule has 4 nitrogen and oxygen atoms in total. The number of carbonyl (C=O) groups is 1. The molecular formula is C17H26ClN3O. The SMILES string of the molecule is CCCCN1CCN(C(=O)NCCc2cccc(Cl)c2)CC1. The second-order valence-corrected chi connectivity index (χ2v) is 6.23. The molecule has 1 aliphatic heterocycles. The van der Waals surface area contributed by atoms with Gasteiger partial charge >= 0.3 is 6.03 Å². The first-order valence-corrected chi connectivity index (χ1v) is 8.56. The van der Waals surface area contributed by atoms with Crippen LogP contribution in [-0.4, -0.2) is 55.1 Å². The van der Waals surface area contributed by atoms with Crippen LogP contribution in [0.1, 0.15) is 25.3 Å². The molecule has 0 aliphatic carbocycles. The van der Waals surface area contributed by atoms with Crippen molar-refractivity contribution in [2.24, 2.45) is 0 Å². The van der Waals surface area contributed by atoms with Crippen molar-refractivity contribution in [2.75, 3.05) is 39.3 Å². The first-order valence-electron chi connectivity index (χ1n) is 8.18. The molecule has 0 bridgehead atoms. The van der Waals surface area contributed by atoms with Crippen molar-refractivity contribution in [1.29, 1.82) is 0 Å². The van der Waals surface area contributed by atoms with Crippen molar-refractivity contribution in [3.05, 3.63) is 34.9 Å². The van der Waals surface area contributed by atoms with Crippen molar-refractivity contribution in [3.63, 3.8) is 0 Å². The number of carbonyl (C=O) groups excluding carboxylic acids is 1. The van der Waals surface area contributed by atoms with Gasteiger partial charge in [-0.05, 0) is 37.1 Å². The van der Waals surface area contributed by atoms with Gasteiger partial charge in [-0.15, -0.1) is 0 Å². The number of amides is 2. The fraction of sp³-hybridized carbons (Fsp3) is 0.588. The summed E-state index contributed by atoms with van der Waals surface area (Å²) < 4.78 is 0. The lowest BCUT2D eigenvalue weighted by molar-refractivity contribution is 0.138. The standard InChI is InChI=1S/C17H26ClN3O/c1-2-3-9-20-10-12-21(13-11-20)17(22)19-8-7-15-5-4-6-16(18)14-15/h4-6,14H,2-3,7-13H2,1H3,(H,19,22). The average Bonchev–Trinajstić information content (AvgIpc) is 2.53. The smallest absolute Gasteiger partial charge is 0.317 e. The Morgan fingerprint density at radius 3 is 2.73 bits per heavy atom. The molecule has 0 radical (unpaired) electrons. The Balaban J connectivity index is 1.66. The van der Waals surface area contributed by atoms with E-state index in [9.17, 15) is 4.79 Å². The lowest BCUT2D eigenvalue weighted by Crippen LogP contribution is -2.52.